The summed E-state index contributed by atoms with van der Waals surface area (Å²) < 4.78 is 119. The lowest BCUT2D eigenvalue weighted by molar-refractivity contribution is -0.385. The Labute approximate surface area is 594 Å². The van der Waals surface area contributed by atoms with Crippen molar-refractivity contribution in [2.24, 2.45) is 0 Å². The van der Waals surface area contributed by atoms with E-state index in [9.17, 15) is 78.9 Å². The minimum Gasteiger partial charge on any atom is -0.507 e. The Morgan fingerprint density at radius 3 is 1.14 bits per heavy atom. The maximum atomic E-state index is 13.9. The molecular weight excluding hydrogens is 1420 g/mol. The van der Waals surface area contributed by atoms with Crippen LogP contribution in [0.25, 0.3) is 44.5 Å². The Morgan fingerprint density at radius 1 is 0.375 bits per heavy atom. The van der Waals surface area contributed by atoms with Gasteiger partial charge in [-0.15, -0.1) is 0 Å². The lowest BCUT2D eigenvalue weighted by Gasteiger charge is -2.24. The van der Waals surface area contributed by atoms with E-state index in [1.165, 1.54) is 67.4 Å². The van der Waals surface area contributed by atoms with Crippen molar-refractivity contribution in [1.29, 1.82) is 0 Å². The predicted molar refractivity (Wildman–Crippen MR) is 388 cm³/mol. The van der Waals surface area contributed by atoms with Crippen LogP contribution in [0.2, 0.25) is 0 Å². The van der Waals surface area contributed by atoms with Crippen molar-refractivity contribution in [3.63, 3.8) is 0 Å². The first-order valence-electron chi connectivity index (χ1n) is 31.3. The zero-order chi connectivity index (χ0) is 73.8. The molecule has 4 aliphatic rings. The highest BCUT2D eigenvalue weighted by molar-refractivity contribution is 8.10. The van der Waals surface area contributed by atoms with Crippen LogP contribution in [0.3, 0.4) is 0 Å². The van der Waals surface area contributed by atoms with E-state index >= 15 is 0 Å². The molecule has 11 aromatic rings. The highest BCUT2D eigenvalue weighted by atomic mass is 32.3. The van der Waals surface area contributed by atoms with Crippen LogP contribution < -0.4 is 13.2 Å². The van der Waals surface area contributed by atoms with Crippen LogP contribution >= 0.6 is 0 Å². The number of phenols is 1. The van der Waals surface area contributed by atoms with Crippen LogP contribution in [0, 0.1) is 40.5 Å². The maximum absolute atomic E-state index is 13.9. The molecule has 3 N–H and O–H groups in total. The molecule has 0 bridgehead atoms. The number of hydrogen-bond donors (Lipinski definition) is 3. The van der Waals surface area contributed by atoms with E-state index in [1.54, 1.807) is 48.5 Å². The second-order valence-electron chi connectivity index (χ2n) is 23.5. The molecule has 0 radical (unpaired) electrons. The molecule has 26 nitrogen and oxygen atoms in total. The molecule has 3 aliphatic carbocycles. The molecular formula is C74H55N7O19S4. The van der Waals surface area contributed by atoms with Gasteiger partial charge >= 0.3 is 0 Å². The third kappa shape index (κ3) is 14.5. The third-order valence-electron chi connectivity index (χ3n) is 17.0. The number of ether oxygens (including phenoxy) is 1. The molecule has 0 saturated carbocycles. The van der Waals surface area contributed by atoms with Crippen molar-refractivity contribution in [1.82, 2.24) is 0 Å². The summed E-state index contributed by atoms with van der Waals surface area (Å²) in [6, 6.07) is 61.8. The summed E-state index contributed by atoms with van der Waals surface area (Å²) in [4.78, 5) is 50.6. The Bertz CT molecular complexity index is 5590. The number of anilines is 3. The quantitative estimate of drug-likeness (QED) is 0.0459. The number of carbonyl (C=O) groups excluding carboxylic acids is 1. The van der Waals surface area contributed by atoms with Crippen LogP contribution in [0.4, 0.5) is 39.8 Å². The number of carbonyl (C=O) groups is 1. The van der Waals surface area contributed by atoms with Gasteiger partial charge in [0.2, 0.25) is 0 Å². The van der Waals surface area contributed by atoms with Crippen molar-refractivity contribution >= 4 is 97.3 Å². The number of benzene rings is 11. The number of hydrogen-bond acceptors (Lipinski definition) is 19. The summed E-state index contributed by atoms with van der Waals surface area (Å²) in [5.41, 5.74) is 10.5. The van der Waals surface area contributed by atoms with E-state index in [0.717, 1.165) is 146 Å². The number of aldehydes is 1. The lowest BCUT2D eigenvalue weighted by Crippen LogP contribution is -2.37. The Kier molecular flexibility index (Phi) is 20.0. The average molecular weight is 1470 g/mol. The number of nitrogens with one attached hydrogen (secondary N) is 2. The largest absolute Gasteiger partial charge is 0.507 e. The molecule has 524 valence electrons. The van der Waals surface area contributed by atoms with Gasteiger partial charge in [-0.2, -0.15) is 3.71 Å². The number of fused-ring (bicyclic) bond motifs is 9. The number of nitrogens with zero attached hydrogens (tertiary/aromatic N) is 5. The predicted octanol–water partition coefficient (Wildman–Crippen LogP) is 14.7. The van der Waals surface area contributed by atoms with E-state index in [0.29, 0.717) is 23.8 Å². The van der Waals surface area contributed by atoms with Gasteiger partial charge in [0, 0.05) is 73.1 Å². The zero-order valence-corrected chi connectivity index (χ0v) is 57.2. The number of aromatic hydroxyl groups is 1. The summed E-state index contributed by atoms with van der Waals surface area (Å²) in [7, 11) is -18.4. The average Bonchev–Trinajstić information content (AvgIpc) is 1.58. The van der Waals surface area contributed by atoms with Crippen molar-refractivity contribution in [3.05, 3.63) is 328 Å². The fraction of sp³-hybridized carbons (Fsp3) is 0.0676. The van der Waals surface area contributed by atoms with Gasteiger partial charge in [0.15, 0.2) is 6.29 Å². The molecule has 11 aromatic carbocycles. The van der Waals surface area contributed by atoms with Gasteiger partial charge < -0.3 is 9.84 Å². The second-order valence-corrected chi connectivity index (χ2v) is 30.6. The van der Waals surface area contributed by atoms with E-state index in [1.807, 2.05) is 84.9 Å². The first kappa shape index (κ1) is 71.2. The summed E-state index contributed by atoms with van der Waals surface area (Å²) in [6.45, 7) is 2.00. The second kappa shape index (κ2) is 29.2. The van der Waals surface area contributed by atoms with Crippen molar-refractivity contribution in [2.45, 2.75) is 38.8 Å². The molecule has 0 unspecified atom stereocenters. The molecule has 0 aromatic heterocycles. The number of nitro groups is 4. The molecule has 104 heavy (non-hydrogen) atoms. The van der Waals surface area contributed by atoms with Crippen LogP contribution in [0.15, 0.2) is 268 Å². The number of rotatable bonds is 16. The van der Waals surface area contributed by atoms with Crippen LogP contribution in [-0.2, 0) is 51.3 Å². The fourth-order valence-electron chi connectivity index (χ4n) is 12.2. The standard InChI is InChI=1S/C38H24N4O8S2.C25H17N3O8S2.C7H6O2.C4H8O/c43-41(44)25-7-5-9-27(21-25)51(47,48)39-23-15-17-31-29-11-1-3-13-33(29)37(35(31)19-23)38-34-14-4-2-12-30(34)32-18-16-24(20-36(32)38)40-52(49,50)28-10-6-8-26(22-28)42(45)46;29-26(30)19-6-3-8-22(15-19)37(33,34)28(38(35,36)23-9-4-7-20(16-23)27(31)32)21-11-12-25-18(14-21)13-17-5-1-2-10-24(17)25;8-5-6-3-1-2-4-7(6)9;1-2-4-5-3-1/h1-22,39-40H;1-12,14-16H,13H2;1-5,9H;1-4H2/b38-37+;;;. The molecule has 1 fully saturated rings. The molecule has 0 spiro atoms. The highest BCUT2D eigenvalue weighted by Gasteiger charge is 2.40. The van der Waals surface area contributed by atoms with Gasteiger partial charge in [-0.3, -0.25) is 54.7 Å². The number of non-ortho nitro benzene ring substituents is 4. The number of sulfonamides is 4. The topological polar surface area (TPSA) is 383 Å². The highest BCUT2D eigenvalue weighted by Crippen LogP contribution is 2.55. The van der Waals surface area contributed by atoms with Crippen LogP contribution in [0.1, 0.15) is 56.6 Å². The van der Waals surface area contributed by atoms with Gasteiger partial charge in [0.25, 0.3) is 62.8 Å². The van der Waals surface area contributed by atoms with E-state index in [4.69, 9.17) is 9.84 Å². The Hall–Kier alpha value is -12.6. The minimum atomic E-state index is -4.96. The summed E-state index contributed by atoms with van der Waals surface area (Å²) in [6.07, 6.45) is 3.61. The normalized spacial score (nSPS) is 13.5. The van der Waals surface area contributed by atoms with Gasteiger partial charge in [-0.1, -0.05) is 127 Å². The van der Waals surface area contributed by atoms with Crippen molar-refractivity contribution in [3.8, 4) is 39.1 Å². The van der Waals surface area contributed by atoms with E-state index in [-0.39, 0.29) is 47.7 Å². The molecule has 1 heterocycles. The lowest BCUT2D eigenvalue weighted by atomic mass is 9.91. The first-order valence-corrected chi connectivity index (χ1v) is 37.2. The smallest absolute Gasteiger partial charge is 0.277 e. The van der Waals surface area contributed by atoms with Crippen LogP contribution in [0.5, 0.6) is 5.75 Å². The molecule has 30 heteroatoms. The zero-order valence-electron chi connectivity index (χ0n) is 53.9. The molecule has 0 atom stereocenters. The molecule has 1 saturated heterocycles. The van der Waals surface area contributed by atoms with Gasteiger partial charge in [-0.05, 0) is 170 Å². The summed E-state index contributed by atoms with van der Waals surface area (Å²) >= 11 is 0. The van der Waals surface area contributed by atoms with Gasteiger partial charge in [0.1, 0.15) is 5.75 Å². The number of nitro benzene ring substituents is 4. The SMILES string of the molecule is C1CCOC1.O=Cc1ccccc1O.O=[N+]([O-])c1cccc(S(=O)(=O)N(c2ccc3c(c2)Cc2ccccc2-3)S(=O)(=O)c2cccc([N+](=O)[O-])c2)c1.O=[N+]([O-])c1cccc(S(=O)(=O)Nc2ccc3c(c2)/C(=C2\c4ccccc4-c4ccc(NS(=O)(=O)c5cccc([N+](=O)[O-])c5)cc42)c2ccccc2-3)c1. The Morgan fingerprint density at radius 2 is 0.740 bits per heavy atom. The molecule has 0 amide bonds. The minimum absolute atomic E-state index is 0.0347. The van der Waals surface area contributed by atoms with Gasteiger partial charge in [0.05, 0.1) is 50.5 Å². The number of para-hydroxylation sites is 1. The van der Waals surface area contributed by atoms with Crippen molar-refractivity contribution in [2.75, 3.05) is 26.4 Å². The van der Waals surface area contributed by atoms with Crippen LogP contribution in [-0.4, -0.2) is 78.0 Å². The summed E-state index contributed by atoms with van der Waals surface area (Å²) in [5, 5.41) is 54.1. The van der Waals surface area contributed by atoms with E-state index < -0.39 is 81.0 Å². The third-order valence-corrected chi connectivity index (χ3v) is 23.9. The summed E-state index contributed by atoms with van der Waals surface area (Å²) in [5.74, 6) is 0.0347. The van der Waals surface area contributed by atoms with Crippen molar-refractivity contribution < 1.29 is 68.0 Å². The Balaban J connectivity index is 0.000000170. The first-order chi connectivity index (χ1) is 49.7. The van der Waals surface area contributed by atoms with E-state index in [2.05, 4.69) is 9.44 Å². The monoisotopic (exact) mass is 1470 g/mol. The maximum Gasteiger partial charge on any atom is 0.277 e. The molecule has 15 rings (SSSR count). The molecule has 1 aliphatic heterocycles. The number of phenolic OH excluding ortho intramolecular Hbond substituents is 1. The van der Waals surface area contributed by atoms with Gasteiger partial charge in [-0.25, -0.2) is 33.7 Å². The fourth-order valence-corrected chi connectivity index (χ4v) is 18.1.